The van der Waals surface area contributed by atoms with Gasteiger partial charge in [-0.2, -0.15) is 0 Å². The van der Waals surface area contributed by atoms with Gasteiger partial charge in [0.05, 0.1) is 12.1 Å². The summed E-state index contributed by atoms with van der Waals surface area (Å²) in [6.07, 6.45) is 1.15. The van der Waals surface area contributed by atoms with Crippen molar-refractivity contribution in [1.29, 1.82) is 0 Å². The standard InChI is InChI=1S/C11H16N4O2S/c12-6-10-13-9(7-18-10)5-11(17)15-3-1-14(8-16)2-4-15/h7-8H,1-6,12H2. The number of carbonyl (C=O) groups is 2. The first-order chi connectivity index (χ1) is 8.72. The maximum absolute atomic E-state index is 12.0. The van der Waals surface area contributed by atoms with Gasteiger partial charge >= 0.3 is 0 Å². The Morgan fingerprint density at radius 3 is 2.72 bits per heavy atom. The Kier molecular flexibility index (Phi) is 4.27. The van der Waals surface area contributed by atoms with E-state index in [1.165, 1.54) is 11.3 Å². The fourth-order valence-corrected chi connectivity index (χ4v) is 2.54. The smallest absolute Gasteiger partial charge is 0.228 e. The molecule has 7 heteroatoms. The average Bonchev–Trinajstić information content (AvgIpc) is 2.86. The van der Waals surface area contributed by atoms with Crippen LogP contribution in [0.15, 0.2) is 5.38 Å². The van der Waals surface area contributed by atoms with E-state index in [1.807, 2.05) is 5.38 Å². The van der Waals surface area contributed by atoms with Crippen LogP contribution in [0.3, 0.4) is 0 Å². The van der Waals surface area contributed by atoms with E-state index in [2.05, 4.69) is 4.98 Å². The molecule has 0 aliphatic carbocycles. The summed E-state index contributed by atoms with van der Waals surface area (Å²) in [6, 6.07) is 0. The third kappa shape index (κ3) is 3.05. The molecule has 1 aromatic heterocycles. The molecule has 18 heavy (non-hydrogen) atoms. The van der Waals surface area contributed by atoms with E-state index in [0.717, 1.165) is 17.1 Å². The molecule has 1 saturated heterocycles. The second kappa shape index (κ2) is 5.92. The van der Waals surface area contributed by atoms with Crippen molar-refractivity contribution < 1.29 is 9.59 Å². The average molecular weight is 268 g/mol. The molecule has 1 aliphatic heterocycles. The third-order valence-electron chi connectivity index (χ3n) is 2.92. The van der Waals surface area contributed by atoms with Crippen LogP contribution in [0.2, 0.25) is 0 Å². The molecule has 1 aliphatic rings. The molecular weight excluding hydrogens is 252 g/mol. The molecule has 0 bridgehead atoms. The Morgan fingerprint density at radius 1 is 1.44 bits per heavy atom. The number of piperazine rings is 1. The Labute approximate surface area is 109 Å². The second-order valence-corrected chi connectivity index (χ2v) is 5.08. The van der Waals surface area contributed by atoms with Crippen LogP contribution in [-0.4, -0.2) is 53.3 Å². The zero-order chi connectivity index (χ0) is 13.0. The summed E-state index contributed by atoms with van der Waals surface area (Å²) in [5, 5.41) is 2.73. The summed E-state index contributed by atoms with van der Waals surface area (Å²) in [7, 11) is 0. The molecule has 0 saturated carbocycles. The predicted molar refractivity (Wildman–Crippen MR) is 67.9 cm³/mol. The number of hydrogen-bond donors (Lipinski definition) is 1. The molecule has 1 aromatic rings. The van der Waals surface area contributed by atoms with Gasteiger partial charge in [0, 0.05) is 38.1 Å². The van der Waals surface area contributed by atoms with Gasteiger partial charge in [0.25, 0.3) is 0 Å². The van der Waals surface area contributed by atoms with Gasteiger partial charge in [0.2, 0.25) is 12.3 Å². The SMILES string of the molecule is NCc1nc(CC(=O)N2CCN(C=O)CC2)cs1. The van der Waals surface area contributed by atoms with Crippen molar-refractivity contribution in [2.45, 2.75) is 13.0 Å². The molecule has 2 N–H and O–H groups in total. The first-order valence-corrected chi connectivity index (χ1v) is 6.71. The van der Waals surface area contributed by atoms with Crippen molar-refractivity contribution in [1.82, 2.24) is 14.8 Å². The molecule has 2 amide bonds. The van der Waals surface area contributed by atoms with Gasteiger partial charge in [-0.25, -0.2) is 4.98 Å². The Morgan fingerprint density at radius 2 is 2.17 bits per heavy atom. The normalized spacial score (nSPS) is 15.8. The summed E-state index contributed by atoms with van der Waals surface area (Å²) in [6.45, 7) is 2.84. The van der Waals surface area contributed by atoms with E-state index >= 15 is 0 Å². The number of nitrogens with zero attached hydrogens (tertiary/aromatic N) is 3. The molecule has 2 heterocycles. The molecule has 0 radical (unpaired) electrons. The van der Waals surface area contributed by atoms with E-state index < -0.39 is 0 Å². The zero-order valence-electron chi connectivity index (χ0n) is 10.0. The van der Waals surface area contributed by atoms with Crippen molar-refractivity contribution >= 4 is 23.7 Å². The largest absolute Gasteiger partial charge is 0.342 e. The highest BCUT2D eigenvalue weighted by molar-refractivity contribution is 7.09. The molecule has 0 unspecified atom stereocenters. The minimum atomic E-state index is 0.0643. The van der Waals surface area contributed by atoms with E-state index in [4.69, 9.17) is 5.73 Å². The van der Waals surface area contributed by atoms with Gasteiger partial charge in [0.1, 0.15) is 5.01 Å². The van der Waals surface area contributed by atoms with Crippen LogP contribution >= 0.6 is 11.3 Å². The maximum Gasteiger partial charge on any atom is 0.228 e. The highest BCUT2D eigenvalue weighted by Gasteiger charge is 2.20. The van der Waals surface area contributed by atoms with Gasteiger partial charge < -0.3 is 15.5 Å². The summed E-state index contributed by atoms with van der Waals surface area (Å²) in [4.78, 5) is 30.3. The van der Waals surface area contributed by atoms with Crippen LogP contribution in [-0.2, 0) is 22.6 Å². The minimum absolute atomic E-state index is 0.0643. The van der Waals surface area contributed by atoms with E-state index in [9.17, 15) is 9.59 Å². The number of amides is 2. The lowest BCUT2D eigenvalue weighted by Crippen LogP contribution is -2.48. The van der Waals surface area contributed by atoms with Crippen LogP contribution in [0.5, 0.6) is 0 Å². The number of rotatable bonds is 4. The monoisotopic (exact) mass is 268 g/mol. The van der Waals surface area contributed by atoms with Crippen molar-refractivity contribution in [3.8, 4) is 0 Å². The minimum Gasteiger partial charge on any atom is -0.342 e. The molecule has 0 atom stereocenters. The molecular formula is C11H16N4O2S. The predicted octanol–water partition coefficient (Wildman–Crippen LogP) is -0.555. The maximum atomic E-state index is 12.0. The summed E-state index contributed by atoms with van der Waals surface area (Å²) < 4.78 is 0. The van der Waals surface area contributed by atoms with Crippen LogP contribution < -0.4 is 5.73 Å². The topological polar surface area (TPSA) is 79.5 Å². The van der Waals surface area contributed by atoms with Crippen molar-refractivity contribution in [3.05, 3.63) is 16.1 Å². The molecule has 0 aromatic carbocycles. The Balaban J connectivity index is 1.86. The fraction of sp³-hybridized carbons (Fsp3) is 0.545. The van der Waals surface area contributed by atoms with Gasteiger partial charge in [-0.05, 0) is 0 Å². The molecule has 1 fully saturated rings. The van der Waals surface area contributed by atoms with Crippen molar-refractivity contribution in [2.24, 2.45) is 5.73 Å². The van der Waals surface area contributed by atoms with Crippen LogP contribution in [0.25, 0.3) is 0 Å². The Bertz CT molecular complexity index is 426. The van der Waals surface area contributed by atoms with E-state index in [-0.39, 0.29) is 5.91 Å². The first kappa shape index (κ1) is 13.0. The van der Waals surface area contributed by atoms with Crippen molar-refractivity contribution in [3.63, 3.8) is 0 Å². The highest BCUT2D eigenvalue weighted by Crippen LogP contribution is 2.11. The summed E-state index contributed by atoms with van der Waals surface area (Å²) >= 11 is 1.48. The molecule has 98 valence electrons. The first-order valence-electron chi connectivity index (χ1n) is 5.83. The van der Waals surface area contributed by atoms with Gasteiger partial charge in [-0.1, -0.05) is 0 Å². The molecule has 0 spiro atoms. The fourth-order valence-electron chi connectivity index (χ4n) is 1.87. The lowest BCUT2D eigenvalue weighted by Gasteiger charge is -2.32. The number of thiazole rings is 1. The van der Waals surface area contributed by atoms with Crippen LogP contribution in [0, 0.1) is 0 Å². The quantitative estimate of drug-likeness (QED) is 0.743. The van der Waals surface area contributed by atoms with Gasteiger partial charge in [-0.15, -0.1) is 11.3 Å². The number of carbonyl (C=O) groups excluding carboxylic acids is 2. The lowest BCUT2D eigenvalue weighted by molar-refractivity contribution is -0.134. The van der Waals surface area contributed by atoms with Gasteiger partial charge in [0.15, 0.2) is 0 Å². The number of nitrogens with two attached hydrogens (primary N) is 1. The molecule has 2 rings (SSSR count). The lowest BCUT2D eigenvalue weighted by atomic mass is 10.2. The van der Waals surface area contributed by atoms with Crippen molar-refractivity contribution in [2.75, 3.05) is 26.2 Å². The zero-order valence-corrected chi connectivity index (χ0v) is 10.9. The van der Waals surface area contributed by atoms with E-state index in [1.54, 1.807) is 9.80 Å². The summed E-state index contributed by atoms with van der Waals surface area (Å²) in [5.74, 6) is 0.0643. The summed E-state index contributed by atoms with van der Waals surface area (Å²) in [5.41, 5.74) is 6.26. The van der Waals surface area contributed by atoms with Crippen LogP contribution in [0.1, 0.15) is 10.7 Å². The van der Waals surface area contributed by atoms with E-state index in [0.29, 0.717) is 39.1 Å². The van der Waals surface area contributed by atoms with Gasteiger partial charge in [-0.3, -0.25) is 9.59 Å². The number of hydrogen-bond acceptors (Lipinski definition) is 5. The number of aromatic nitrogens is 1. The highest BCUT2D eigenvalue weighted by atomic mass is 32.1. The third-order valence-corrected chi connectivity index (χ3v) is 3.84. The molecule has 6 nitrogen and oxygen atoms in total. The van der Waals surface area contributed by atoms with Crippen LogP contribution in [0.4, 0.5) is 0 Å². The second-order valence-electron chi connectivity index (χ2n) is 4.14. The Hall–Kier alpha value is -1.47.